The third kappa shape index (κ3) is 4.68. The molecule has 0 fully saturated rings. The van der Waals surface area contributed by atoms with Crippen molar-refractivity contribution in [1.29, 1.82) is 0 Å². The summed E-state index contributed by atoms with van der Waals surface area (Å²) in [4.78, 5) is 7.50. The summed E-state index contributed by atoms with van der Waals surface area (Å²) in [6.45, 7) is 2.04. The van der Waals surface area contributed by atoms with E-state index in [0.717, 1.165) is 17.0 Å². The number of nitrogens with one attached hydrogen (secondary N) is 1. The van der Waals surface area contributed by atoms with Crippen molar-refractivity contribution in [3.63, 3.8) is 0 Å². The molecule has 0 atom stereocenters. The number of hydrogen-bond donors (Lipinski definition) is 1. The first kappa shape index (κ1) is 20.2. The molecule has 7 nitrogen and oxygen atoms in total. The molecular formula is C18H16F4N6O. The number of anilines is 1. The van der Waals surface area contributed by atoms with E-state index >= 15 is 0 Å². The number of benzene rings is 1. The summed E-state index contributed by atoms with van der Waals surface area (Å²) < 4.78 is 59.9. The van der Waals surface area contributed by atoms with Crippen molar-refractivity contribution in [3.05, 3.63) is 53.7 Å². The van der Waals surface area contributed by atoms with Crippen LogP contribution >= 0.6 is 0 Å². The van der Waals surface area contributed by atoms with Crippen LogP contribution in [0, 0.1) is 5.95 Å². The lowest BCUT2D eigenvalue weighted by Crippen LogP contribution is -2.11. The predicted octanol–water partition coefficient (Wildman–Crippen LogP) is 3.97. The second kappa shape index (κ2) is 8.25. The number of aryl methyl sites for hydroxylation is 1. The van der Waals surface area contributed by atoms with Gasteiger partial charge >= 0.3 is 6.18 Å². The Bertz CT molecular complexity index is 1030. The van der Waals surface area contributed by atoms with E-state index in [4.69, 9.17) is 4.74 Å². The molecule has 0 aliphatic heterocycles. The molecule has 1 aromatic carbocycles. The summed E-state index contributed by atoms with van der Waals surface area (Å²) in [6, 6.07) is 7.25. The lowest BCUT2D eigenvalue weighted by Gasteiger charge is -2.10. The number of rotatable bonds is 6. The fourth-order valence-electron chi connectivity index (χ4n) is 2.42. The molecule has 0 aliphatic rings. The Morgan fingerprint density at radius 1 is 1.24 bits per heavy atom. The number of hydrogen-bond acceptors (Lipinski definition) is 6. The molecule has 0 saturated heterocycles. The standard InChI is InChI=1S/C18H16F4N6O/c1-3-28-16(19)12(10-24-28)9-23-27-17-25-14(8-15(26-17)18(20,21)22)11-5-4-6-13(7-11)29-2/h4-10H,3H2,1-2H3,(H,25,26,27)/b23-9-. The zero-order valence-electron chi connectivity index (χ0n) is 15.4. The van der Waals surface area contributed by atoms with E-state index in [9.17, 15) is 17.6 Å². The Balaban J connectivity index is 1.93. The first-order valence-electron chi connectivity index (χ1n) is 8.43. The highest BCUT2D eigenvalue weighted by Crippen LogP contribution is 2.32. The van der Waals surface area contributed by atoms with Crippen LogP contribution in [-0.4, -0.2) is 33.1 Å². The zero-order chi connectivity index (χ0) is 21.0. The first-order valence-corrected chi connectivity index (χ1v) is 8.43. The van der Waals surface area contributed by atoms with Gasteiger partial charge in [0.15, 0.2) is 5.69 Å². The Labute approximate surface area is 163 Å². The number of methoxy groups -OCH3 is 1. The quantitative estimate of drug-likeness (QED) is 0.379. The highest BCUT2D eigenvalue weighted by molar-refractivity contribution is 5.79. The summed E-state index contributed by atoms with van der Waals surface area (Å²) in [5, 5.41) is 7.53. The van der Waals surface area contributed by atoms with Gasteiger partial charge in [0.05, 0.1) is 30.8 Å². The molecule has 11 heteroatoms. The molecule has 0 radical (unpaired) electrons. The molecule has 1 N–H and O–H groups in total. The zero-order valence-corrected chi connectivity index (χ0v) is 15.4. The average Bonchev–Trinajstić information content (AvgIpc) is 3.07. The van der Waals surface area contributed by atoms with Crippen LogP contribution in [0.3, 0.4) is 0 Å². The molecule has 152 valence electrons. The van der Waals surface area contributed by atoms with Crippen LogP contribution in [0.2, 0.25) is 0 Å². The van der Waals surface area contributed by atoms with E-state index in [1.165, 1.54) is 13.3 Å². The highest BCUT2D eigenvalue weighted by atomic mass is 19.4. The van der Waals surface area contributed by atoms with E-state index in [-0.39, 0.29) is 11.3 Å². The van der Waals surface area contributed by atoms with Gasteiger partial charge in [0.25, 0.3) is 0 Å². The number of nitrogens with zero attached hydrogens (tertiary/aromatic N) is 5. The molecule has 3 aromatic rings. The molecule has 0 saturated carbocycles. The van der Waals surface area contributed by atoms with Gasteiger partial charge in [0.2, 0.25) is 11.9 Å². The number of halogens is 4. The monoisotopic (exact) mass is 408 g/mol. The summed E-state index contributed by atoms with van der Waals surface area (Å²) in [5.41, 5.74) is 1.66. The van der Waals surface area contributed by atoms with E-state index in [1.54, 1.807) is 31.2 Å². The maximum absolute atomic E-state index is 13.9. The van der Waals surface area contributed by atoms with Crippen molar-refractivity contribution in [3.8, 4) is 17.0 Å². The topological polar surface area (TPSA) is 77.2 Å². The summed E-state index contributed by atoms with van der Waals surface area (Å²) in [6.07, 6.45) is -2.35. The van der Waals surface area contributed by atoms with Crippen LogP contribution in [-0.2, 0) is 12.7 Å². The van der Waals surface area contributed by atoms with Gasteiger partial charge in [-0.25, -0.2) is 20.1 Å². The van der Waals surface area contributed by atoms with Gasteiger partial charge in [-0.05, 0) is 25.1 Å². The second-order valence-electron chi connectivity index (χ2n) is 5.77. The van der Waals surface area contributed by atoms with Crippen LogP contribution in [0.5, 0.6) is 5.75 Å². The largest absolute Gasteiger partial charge is 0.497 e. The van der Waals surface area contributed by atoms with E-state index in [0.29, 0.717) is 17.9 Å². The Hall–Kier alpha value is -3.50. The summed E-state index contributed by atoms with van der Waals surface area (Å²) in [5.74, 6) is -0.539. The first-order chi connectivity index (χ1) is 13.8. The van der Waals surface area contributed by atoms with E-state index in [2.05, 4.69) is 25.6 Å². The Morgan fingerprint density at radius 2 is 2.03 bits per heavy atom. The number of hydrazone groups is 1. The van der Waals surface area contributed by atoms with E-state index < -0.39 is 23.8 Å². The van der Waals surface area contributed by atoms with Crippen molar-refractivity contribution >= 4 is 12.2 Å². The SMILES string of the molecule is CCn1ncc(/C=N\Nc2nc(-c3cccc(OC)c3)cc(C(F)(F)F)n2)c1F. The molecule has 0 amide bonds. The van der Waals surface area contributed by atoms with Gasteiger partial charge in [-0.3, -0.25) is 0 Å². The average molecular weight is 408 g/mol. The van der Waals surface area contributed by atoms with Gasteiger partial charge in [-0.1, -0.05) is 12.1 Å². The van der Waals surface area contributed by atoms with Crippen molar-refractivity contribution in [1.82, 2.24) is 19.7 Å². The van der Waals surface area contributed by atoms with Crippen LogP contribution in [0.4, 0.5) is 23.5 Å². The van der Waals surface area contributed by atoms with Gasteiger partial charge in [-0.15, -0.1) is 0 Å². The van der Waals surface area contributed by atoms with Gasteiger partial charge < -0.3 is 4.74 Å². The minimum Gasteiger partial charge on any atom is -0.497 e. The Morgan fingerprint density at radius 3 is 2.69 bits per heavy atom. The fraction of sp³-hybridized carbons (Fsp3) is 0.222. The predicted molar refractivity (Wildman–Crippen MR) is 98.1 cm³/mol. The molecule has 2 heterocycles. The molecule has 29 heavy (non-hydrogen) atoms. The summed E-state index contributed by atoms with van der Waals surface area (Å²) in [7, 11) is 1.45. The van der Waals surface area contributed by atoms with Crippen molar-refractivity contribution in [2.45, 2.75) is 19.6 Å². The number of aromatic nitrogens is 4. The minimum absolute atomic E-state index is 0.0221. The van der Waals surface area contributed by atoms with Crippen LogP contribution in [0.25, 0.3) is 11.3 Å². The maximum atomic E-state index is 13.9. The minimum atomic E-state index is -4.69. The molecule has 0 spiro atoms. The molecule has 0 bridgehead atoms. The maximum Gasteiger partial charge on any atom is 0.433 e. The lowest BCUT2D eigenvalue weighted by molar-refractivity contribution is -0.141. The van der Waals surface area contributed by atoms with Crippen molar-refractivity contribution in [2.24, 2.45) is 5.10 Å². The van der Waals surface area contributed by atoms with Gasteiger partial charge in [0, 0.05) is 12.1 Å². The number of alkyl halides is 3. The molecule has 3 rings (SSSR count). The Kier molecular flexibility index (Phi) is 5.76. The van der Waals surface area contributed by atoms with Crippen molar-refractivity contribution in [2.75, 3.05) is 12.5 Å². The third-order valence-electron chi connectivity index (χ3n) is 3.85. The second-order valence-corrected chi connectivity index (χ2v) is 5.77. The van der Waals surface area contributed by atoms with Crippen LogP contribution in [0.15, 0.2) is 41.6 Å². The third-order valence-corrected chi connectivity index (χ3v) is 3.85. The lowest BCUT2D eigenvalue weighted by atomic mass is 10.1. The van der Waals surface area contributed by atoms with Crippen molar-refractivity contribution < 1.29 is 22.3 Å². The molecule has 2 aromatic heterocycles. The summed E-state index contributed by atoms with van der Waals surface area (Å²) >= 11 is 0. The number of ether oxygens (including phenoxy) is 1. The molecule has 0 unspecified atom stereocenters. The molecular weight excluding hydrogens is 392 g/mol. The van der Waals surface area contributed by atoms with E-state index in [1.807, 2.05) is 0 Å². The normalized spacial score (nSPS) is 11.8. The smallest absolute Gasteiger partial charge is 0.433 e. The van der Waals surface area contributed by atoms with Gasteiger partial charge in [0.1, 0.15) is 5.75 Å². The molecule has 0 aliphatic carbocycles. The highest BCUT2D eigenvalue weighted by Gasteiger charge is 2.34. The fourth-order valence-corrected chi connectivity index (χ4v) is 2.42. The van der Waals surface area contributed by atoms with Gasteiger partial charge in [-0.2, -0.15) is 27.8 Å². The van der Waals surface area contributed by atoms with Crippen LogP contribution in [0.1, 0.15) is 18.2 Å². The van der Waals surface area contributed by atoms with Crippen LogP contribution < -0.4 is 10.2 Å².